The first-order valence-electron chi connectivity index (χ1n) is 6.85. The molecule has 0 bridgehead atoms. The van der Waals surface area contributed by atoms with Crippen molar-refractivity contribution < 1.29 is 14.7 Å². The Labute approximate surface area is 134 Å². The van der Waals surface area contributed by atoms with E-state index in [0.29, 0.717) is 17.9 Å². The van der Waals surface area contributed by atoms with Crippen molar-refractivity contribution in [1.29, 1.82) is 0 Å². The third-order valence-electron chi connectivity index (χ3n) is 3.13. The number of aryl methyl sites for hydroxylation is 1. The zero-order valence-electron chi connectivity index (χ0n) is 11.9. The lowest BCUT2D eigenvalue weighted by molar-refractivity contribution is -0.137. The summed E-state index contributed by atoms with van der Waals surface area (Å²) in [4.78, 5) is 11.9. The van der Waals surface area contributed by atoms with Gasteiger partial charge in [-0.05, 0) is 29.7 Å². The molecule has 0 atom stereocenters. The van der Waals surface area contributed by atoms with Crippen molar-refractivity contribution in [2.24, 2.45) is 5.16 Å². The molecule has 2 rings (SSSR count). The van der Waals surface area contributed by atoms with Crippen LogP contribution >= 0.6 is 11.6 Å². The lowest BCUT2D eigenvalue weighted by Crippen LogP contribution is -2.18. The molecule has 0 heterocycles. The van der Waals surface area contributed by atoms with E-state index in [-0.39, 0.29) is 12.3 Å². The van der Waals surface area contributed by atoms with Gasteiger partial charge in [0.15, 0.2) is 5.71 Å². The molecule has 0 unspecified atom stereocenters. The van der Waals surface area contributed by atoms with Gasteiger partial charge in [-0.15, -0.1) is 0 Å². The van der Waals surface area contributed by atoms with E-state index in [1.54, 1.807) is 12.1 Å². The number of benzene rings is 2. The molecule has 2 aromatic carbocycles. The van der Waals surface area contributed by atoms with Crippen LogP contribution in [0.1, 0.15) is 17.5 Å². The van der Waals surface area contributed by atoms with Gasteiger partial charge >= 0.3 is 5.97 Å². The molecular formula is C17H16ClNO3. The standard InChI is InChI=1S/C17H16ClNO3/c18-15-9-6-13(7-10-15)8-11-16(19-21)17(20)22-12-14-4-2-1-3-5-14/h1-7,9-10,21H,8,11-12H2/b19-16-. The van der Waals surface area contributed by atoms with Crippen molar-refractivity contribution in [1.82, 2.24) is 0 Å². The second-order valence-corrected chi connectivity index (χ2v) is 5.17. The third-order valence-corrected chi connectivity index (χ3v) is 3.38. The van der Waals surface area contributed by atoms with E-state index in [9.17, 15) is 4.79 Å². The minimum absolute atomic E-state index is 0.00545. The van der Waals surface area contributed by atoms with Crippen molar-refractivity contribution in [3.8, 4) is 0 Å². The summed E-state index contributed by atoms with van der Waals surface area (Å²) >= 11 is 5.81. The Balaban J connectivity index is 1.85. The highest BCUT2D eigenvalue weighted by atomic mass is 35.5. The van der Waals surface area contributed by atoms with Crippen molar-refractivity contribution in [2.45, 2.75) is 19.4 Å². The lowest BCUT2D eigenvalue weighted by atomic mass is 10.1. The van der Waals surface area contributed by atoms with Crippen LogP contribution in [0, 0.1) is 0 Å². The van der Waals surface area contributed by atoms with E-state index in [2.05, 4.69) is 5.16 Å². The average Bonchev–Trinajstić information content (AvgIpc) is 2.56. The summed E-state index contributed by atoms with van der Waals surface area (Å²) in [6, 6.07) is 16.6. The van der Waals surface area contributed by atoms with Gasteiger partial charge in [0, 0.05) is 11.4 Å². The third kappa shape index (κ3) is 4.90. The van der Waals surface area contributed by atoms with Crippen LogP contribution in [0.25, 0.3) is 0 Å². The van der Waals surface area contributed by atoms with Crippen LogP contribution in [0.3, 0.4) is 0 Å². The second kappa shape index (κ2) is 8.20. The largest absolute Gasteiger partial charge is 0.456 e. The zero-order valence-corrected chi connectivity index (χ0v) is 12.7. The average molecular weight is 318 g/mol. The Bertz CT molecular complexity index is 639. The van der Waals surface area contributed by atoms with Gasteiger partial charge in [-0.1, -0.05) is 59.2 Å². The Morgan fingerprint density at radius 2 is 1.73 bits per heavy atom. The normalized spacial score (nSPS) is 11.2. The van der Waals surface area contributed by atoms with Gasteiger partial charge in [0.1, 0.15) is 6.61 Å². The van der Waals surface area contributed by atoms with Gasteiger partial charge in [-0.3, -0.25) is 0 Å². The van der Waals surface area contributed by atoms with Gasteiger partial charge in [0.05, 0.1) is 0 Å². The Morgan fingerprint density at radius 3 is 2.36 bits per heavy atom. The topological polar surface area (TPSA) is 58.9 Å². The van der Waals surface area contributed by atoms with E-state index in [1.807, 2.05) is 42.5 Å². The number of rotatable bonds is 6. The fraction of sp³-hybridized carbons (Fsp3) is 0.176. The van der Waals surface area contributed by atoms with E-state index in [1.165, 1.54) is 0 Å². The second-order valence-electron chi connectivity index (χ2n) is 4.73. The van der Waals surface area contributed by atoms with Crippen LogP contribution in [-0.2, 0) is 22.6 Å². The number of hydrogen-bond donors (Lipinski definition) is 1. The van der Waals surface area contributed by atoms with Crippen LogP contribution in [0.4, 0.5) is 0 Å². The predicted molar refractivity (Wildman–Crippen MR) is 85.2 cm³/mol. The van der Waals surface area contributed by atoms with Crippen LogP contribution < -0.4 is 0 Å². The predicted octanol–water partition coefficient (Wildman–Crippen LogP) is 3.85. The summed E-state index contributed by atoms with van der Waals surface area (Å²) < 4.78 is 5.14. The quantitative estimate of drug-likeness (QED) is 0.381. The molecule has 0 saturated heterocycles. The highest BCUT2D eigenvalue weighted by Gasteiger charge is 2.14. The van der Waals surface area contributed by atoms with Gasteiger partial charge in [-0.25, -0.2) is 4.79 Å². The zero-order chi connectivity index (χ0) is 15.8. The summed E-state index contributed by atoms with van der Waals surface area (Å²) in [5.74, 6) is -0.611. The number of carbonyl (C=O) groups excluding carboxylic acids is 1. The molecule has 2 aromatic rings. The van der Waals surface area contributed by atoms with Crippen molar-refractivity contribution in [2.75, 3.05) is 0 Å². The Morgan fingerprint density at radius 1 is 1.05 bits per heavy atom. The highest BCUT2D eigenvalue weighted by Crippen LogP contribution is 2.11. The maximum absolute atomic E-state index is 11.9. The number of ether oxygens (including phenoxy) is 1. The maximum atomic E-state index is 11.9. The molecular weight excluding hydrogens is 302 g/mol. The monoisotopic (exact) mass is 317 g/mol. The lowest BCUT2D eigenvalue weighted by Gasteiger charge is -2.06. The molecule has 114 valence electrons. The molecule has 0 aliphatic heterocycles. The Kier molecular flexibility index (Phi) is 5.98. The molecule has 5 heteroatoms. The summed E-state index contributed by atoms with van der Waals surface area (Å²) in [6.07, 6.45) is 0.864. The fourth-order valence-corrected chi connectivity index (χ4v) is 2.04. The van der Waals surface area contributed by atoms with E-state index in [4.69, 9.17) is 21.5 Å². The number of carbonyl (C=O) groups is 1. The van der Waals surface area contributed by atoms with Crippen molar-refractivity contribution >= 4 is 23.3 Å². The molecule has 0 aliphatic rings. The van der Waals surface area contributed by atoms with Gasteiger partial charge < -0.3 is 9.94 Å². The molecule has 0 aliphatic carbocycles. The number of esters is 1. The molecule has 0 spiro atoms. The molecule has 0 amide bonds. The summed E-state index contributed by atoms with van der Waals surface area (Å²) in [5, 5.41) is 12.7. The van der Waals surface area contributed by atoms with E-state index >= 15 is 0 Å². The minimum Gasteiger partial charge on any atom is -0.456 e. The SMILES string of the molecule is O=C(OCc1ccccc1)/C(CCc1ccc(Cl)cc1)=N\O. The number of oxime groups is 1. The molecule has 0 saturated carbocycles. The first kappa shape index (κ1) is 16.0. The molecule has 0 fully saturated rings. The highest BCUT2D eigenvalue weighted by molar-refractivity contribution is 6.36. The summed E-state index contributed by atoms with van der Waals surface area (Å²) in [6.45, 7) is 0.152. The molecule has 1 N–H and O–H groups in total. The number of nitrogens with zero attached hydrogens (tertiary/aromatic N) is 1. The first-order valence-corrected chi connectivity index (χ1v) is 7.23. The fourth-order valence-electron chi connectivity index (χ4n) is 1.91. The number of halogens is 1. The van der Waals surface area contributed by atoms with Crippen molar-refractivity contribution in [3.05, 3.63) is 70.7 Å². The first-order chi connectivity index (χ1) is 10.7. The van der Waals surface area contributed by atoms with Crippen LogP contribution in [0.5, 0.6) is 0 Å². The molecule has 0 aromatic heterocycles. The van der Waals surface area contributed by atoms with Crippen LogP contribution in [0.15, 0.2) is 59.8 Å². The van der Waals surface area contributed by atoms with Gasteiger partial charge in [-0.2, -0.15) is 0 Å². The summed E-state index contributed by atoms with van der Waals surface area (Å²) in [5.41, 5.74) is 1.89. The molecule has 22 heavy (non-hydrogen) atoms. The van der Waals surface area contributed by atoms with E-state index in [0.717, 1.165) is 11.1 Å². The van der Waals surface area contributed by atoms with Gasteiger partial charge in [0.2, 0.25) is 0 Å². The van der Waals surface area contributed by atoms with Gasteiger partial charge in [0.25, 0.3) is 0 Å². The Hall–Kier alpha value is -2.33. The minimum atomic E-state index is -0.611. The maximum Gasteiger partial charge on any atom is 0.356 e. The van der Waals surface area contributed by atoms with Crippen LogP contribution in [0.2, 0.25) is 5.02 Å². The smallest absolute Gasteiger partial charge is 0.356 e. The van der Waals surface area contributed by atoms with E-state index < -0.39 is 5.97 Å². The summed E-state index contributed by atoms with van der Waals surface area (Å²) in [7, 11) is 0. The molecule has 4 nitrogen and oxygen atoms in total. The number of hydrogen-bond acceptors (Lipinski definition) is 4. The van der Waals surface area contributed by atoms with Crippen LogP contribution in [-0.4, -0.2) is 16.9 Å². The van der Waals surface area contributed by atoms with Crippen molar-refractivity contribution in [3.63, 3.8) is 0 Å². The molecule has 0 radical (unpaired) electrons.